The van der Waals surface area contributed by atoms with Crippen LogP contribution in [0.25, 0.3) is 0 Å². The van der Waals surface area contributed by atoms with Crippen LogP contribution in [0.3, 0.4) is 0 Å². The van der Waals surface area contributed by atoms with Gasteiger partial charge in [0.1, 0.15) is 6.04 Å². The van der Waals surface area contributed by atoms with Crippen molar-refractivity contribution in [3.8, 4) is 0 Å². The Bertz CT molecular complexity index is 416. The van der Waals surface area contributed by atoms with Crippen molar-refractivity contribution >= 4 is 11.9 Å². The van der Waals surface area contributed by atoms with E-state index in [0.29, 0.717) is 18.5 Å². The minimum absolute atomic E-state index is 0.277. The molecule has 0 radical (unpaired) electrons. The first-order chi connectivity index (χ1) is 8.54. The molecular weight excluding hydrogens is 236 g/mol. The molecule has 0 fully saturated rings. The van der Waals surface area contributed by atoms with Crippen molar-refractivity contribution in [1.29, 1.82) is 0 Å². The van der Waals surface area contributed by atoms with Crippen LogP contribution in [0, 0.1) is 0 Å². The molecule has 0 aromatic carbocycles. The molecule has 0 saturated carbocycles. The molecular formula is C11H18N4O3. The number of amides is 1. The van der Waals surface area contributed by atoms with Crippen LogP contribution in [0.4, 0.5) is 0 Å². The number of carbonyl (C=O) groups is 2. The summed E-state index contributed by atoms with van der Waals surface area (Å²) in [6, 6.07) is -0.739. The van der Waals surface area contributed by atoms with Crippen LogP contribution < -0.4 is 11.1 Å². The van der Waals surface area contributed by atoms with Gasteiger partial charge in [-0.2, -0.15) is 5.10 Å². The predicted molar refractivity (Wildman–Crippen MR) is 64.4 cm³/mol. The number of hydrogen-bond acceptors (Lipinski definition) is 5. The molecule has 7 nitrogen and oxygen atoms in total. The topological polar surface area (TPSA) is 99.2 Å². The van der Waals surface area contributed by atoms with E-state index in [2.05, 4.69) is 15.2 Å². The van der Waals surface area contributed by atoms with Crippen LogP contribution >= 0.6 is 0 Å². The van der Waals surface area contributed by atoms with E-state index in [9.17, 15) is 9.59 Å². The van der Waals surface area contributed by atoms with Crippen molar-refractivity contribution in [1.82, 2.24) is 15.1 Å². The van der Waals surface area contributed by atoms with Crippen molar-refractivity contribution in [3.05, 3.63) is 18.0 Å². The van der Waals surface area contributed by atoms with Gasteiger partial charge >= 0.3 is 5.97 Å². The van der Waals surface area contributed by atoms with Gasteiger partial charge in [0, 0.05) is 31.8 Å². The molecule has 0 spiro atoms. The van der Waals surface area contributed by atoms with Crippen LogP contribution in [-0.4, -0.2) is 35.3 Å². The van der Waals surface area contributed by atoms with Crippen molar-refractivity contribution in [3.63, 3.8) is 0 Å². The molecule has 0 aliphatic rings. The van der Waals surface area contributed by atoms with Crippen molar-refractivity contribution < 1.29 is 14.3 Å². The second kappa shape index (κ2) is 6.75. The molecule has 1 aromatic heterocycles. The van der Waals surface area contributed by atoms with Gasteiger partial charge in [0.25, 0.3) is 0 Å². The summed E-state index contributed by atoms with van der Waals surface area (Å²) in [4.78, 5) is 22.5. The number of rotatable bonds is 6. The van der Waals surface area contributed by atoms with Gasteiger partial charge in [0.15, 0.2) is 0 Å². The van der Waals surface area contributed by atoms with Gasteiger partial charge < -0.3 is 15.8 Å². The number of nitrogens with one attached hydrogen (secondary N) is 1. The lowest BCUT2D eigenvalue weighted by molar-refractivity contribution is -0.140. The summed E-state index contributed by atoms with van der Waals surface area (Å²) in [6.45, 7) is 0.391. The van der Waals surface area contributed by atoms with Crippen molar-refractivity contribution in [2.24, 2.45) is 12.8 Å². The second-order valence-corrected chi connectivity index (χ2v) is 3.90. The molecule has 0 bridgehead atoms. The molecule has 0 aliphatic carbocycles. The Kier molecular flexibility index (Phi) is 5.31. The van der Waals surface area contributed by atoms with Crippen LogP contribution in [0.2, 0.25) is 0 Å². The number of aryl methyl sites for hydroxylation is 1. The Morgan fingerprint density at radius 3 is 2.89 bits per heavy atom. The standard InChI is InChI=1S/C11H18N4O3/c1-15-7-8(6-14-15)10(12)11(17)13-5-3-4-9(16)18-2/h6-7,10H,3-5,12H2,1-2H3,(H,13,17). The first-order valence-electron chi connectivity index (χ1n) is 5.63. The molecule has 1 unspecified atom stereocenters. The van der Waals surface area contributed by atoms with Gasteiger partial charge in [-0.05, 0) is 6.42 Å². The Morgan fingerprint density at radius 2 is 2.33 bits per heavy atom. The maximum atomic E-state index is 11.7. The summed E-state index contributed by atoms with van der Waals surface area (Å²) in [6.07, 6.45) is 4.05. The molecule has 1 aromatic rings. The molecule has 1 amide bonds. The summed E-state index contributed by atoms with van der Waals surface area (Å²) in [5.41, 5.74) is 6.42. The van der Waals surface area contributed by atoms with Gasteiger partial charge in [-0.25, -0.2) is 0 Å². The molecule has 18 heavy (non-hydrogen) atoms. The van der Waals surface area contributed by atoms with E-state index in [4.69, 9.17) is 5.73 Å². The largest absolute Gasteiger partial charge is 0.469 e. The van der Waals surface area contributed by atoms with Gasteiger partial charge in [-0.15, -0.1) is 0 Å². The number of hydrogen-bond donors (Lipinski definition) is 2. The first kappa shape index (κ1) is 14.2. The maximum absolute atomic E-state index is 11.7. The lowest BCUT2D eigenvalue weighted by Crippen LogP contribution is -2.34. The van der Waals surface area contributed by atoms with Crippen molar-refractivity contribution in [2.75, 3.05) is 13.7 Å². The Balaban J connectivity index is 2.30. The molecule has 7 heteroatoms. The summed E-state index contributed by atoms with van der Waals surface area (Å²) < 4.78 is 6.07. The fourth-order valence-corrected chi connectivity index (χ4v) is 1.41. The zero-order chi connectivity index (χ0) is 13.5. The molecule has 3 N–H and O–H groups in total. The number of carbonyl (C=O) groups excluding carboxylic acids is 2. The monoisotopic (exact) mass is 254 g/mol. The van der Waals surface area contributed by atoms with Gasteiger partial charge in [0.05, 0.1) is 13.3 Å². The van der Waals surface area contributed by atoms with Gasteiger partial charge in [0.2, 0.25) is 5.91 Å². The van der Waals surface area contributed by atoms with E-state index in [1.54, 1.807) is 24.1 Å². The van der Waals surface area contributed by atoms with E-state index in [-0.39, 0.29) is 18.3 Å². The van der Waals surface area contributed by atoms with E-state index >= 15 is 0 Å². The molecule has 1 heterocycles. The number of methoxy groups -OCH3 is 1. The number of ether oxygens (including phenoxy) is 1. The third-order valence-electron chi connectivity index (χ3n) is 2.45. The minimum Gasteiger partial charge on any atom is -0.469 e. The SMILES string of the molecule is COC(=O)CCCNC(=O)C(N)c1cnn(C)c1. The maximum Gasteiger partial charge on any atom is 0.305 e. The zero-order valence-electron chi connectivity index (χ0n) is 10.5. The first-order valence-corrected chi connectivity index (χ1v) is 5.63. The highest BCUT2D eigenvalue weighted by Crippen LogP contribution is 2.08. The highest BCUT2D eigenvalue weighted by atomic mass is 16.5. The number of esters is 1. The third-order valence-corrected chi connectivity index (χ3v) is 2.45. The molecule has 0 saturated heterocycles. The fourth-order valence-electron chi connectivity index (χ4n) is 1.41. The lowest BCUT2D eigenvalue weighted by Gasteiger charge is -2.10. The normalized spacial score (nSPS) is 11.9. The summed E-state index contributed by atoms with van der Waals surface area (Å²) in [7, 11) is 3.09. The Morgan fingerprint density at radius 1 is 1.61 bits per heavy atom. The number of nitrogens with zero attached hydrogens (tertiary/aromatic N) is 2. The average molecular weight is 254 g/mol. The summed E-state index contributed by atoms with van der Waals surface area (Å²) in [5, 5.41) is 6.61. The molecule has 100 valence electrons. The predicted octanol–water partition coefficient (Wildman–Crippen LogP) is -0.511. The Hall–Kier alpha value is -1.89. The van der Waals surface area contributed by atoms with E-state index in [1.807, 2.05) is 0 Å². The number of nitrogens with two attached hydrogens (primary N) is 1. The second-order valence-electron chi connectivity index (χ2n) is 3.90. The summed E-state index contributed by atoms with van der Waals surface area (Å²) in [5.74, 6) is -0.575. The zero-order valence-corrected chi connectivity index (χ0v) is 10.5. The van der Waals surface area contributed by atoms with Gasteiger partial charge in [-0.1, -0.05) is 0 Å². The highest BCUT2D eigenvalue weighted by molar-refractivity contribution is 5.82. The van der Waals surface area contributed by atoms with Crippen LogP contribution in [0.15, 0.2) is 12.4 Å². The molecule has 0 aliphatic heterocycles. The van der Waals surface area contributed by atoms with Crippen LogP contribution in [-0.2, 0) is 21.4 Å². The highest BCUT2D eigenvalue weighted by Gasteiger charge is 2.16. The average Bonchev–Trinajstić information content (AvgIpc) is 2.79. The van der Waals surface area contributed by atoms with Crippen LogP contribution in [0.1, 0.15) is 24.4 Å². The van der Waals surface area contributed by atoms with E-state index in [1.165, 1.54) is 7.11 Å². The van der Waals surface area contributed by atoms with Gasteiger partial charge in [-0.3, -0.25) is 14.3 Å². The fraction of sp³-hybridized carbons (Fsp3) is 0.545. The van der Waals surface area contributed by atoms with E-state index in [0.717, 1.165) is 0 Å². The molecule has 1 rings (SSSR count). The quantitative estimate of drug-likeness (QED) is 0.526. The minimum atomic E-state index is -0.739. The number of aromatic nitrogens is 2. The van der Waals surface area contributed by atoms with Crippen molar-refractivity contribution in [2.45, 2.75) is 18.9 Å². The van der Waals surface area contributed by atoms with Crippen LogP contribution in [0.5, 0.6) is 0 Å². The Labute approximate surface area is 105 Å². The van der Waals surface area contributed by atoms with E-state index < -0.39 is 6.04 Å². The summed E-state index contributed by atoms with van der Waals surface area (Å²) >= 11 is 0. The molecule has 1 atom stereocenters. The third kappa shape index (κ3) is 4.17. The lowest BCUT2D eigenvalue weighted by atomic mass is 10.1. The smallest absolute Gasteiger partial charge is 0.305 e.